The van der Waals surface area contributed by atoms with Gasteiger partial charge in [0.25, 0.3) is 5.91 Å². The van der Waals surface area contributed by atoms with Crippen LogP contribution in [0.15, 0.2) is 11.6 Å². The van der Waals surface area contributed by atoms with Crippen LogP contribution in [0.1, 0.15) is 0 Å². The summed E-state index contributed by atoms with van der Waals surface area (Å²) < 4.78 is 0. The van der Waals surface area contributed by atoms with E-state index < -0.39 is 6.03 Å². The summed E-state index contributed by atoms with van der Waals surface area (Å²) in [5.74, 6) is -0.255. The highest BCUT2D eigenvalue weighted by molar-refractivity contribution is 7.14. The molecule has 1 saturated heterocycles. The zero-order valence-corrected chi connectivity index (χ0v) is 6.80. The average Bonchev–Trinajstić information content (AvgIpc) is 2.61. The molecule has 12 heavy (non-hydrogen) atoms. The van der Waals surface area contributed by atoms with Crippen molar-refractivity contribution >= 4 is 28.4 Å². The number of anilines is 1. The van der Waals surface area contributed by atoms with Crippen molar-refractivity contribution in [3.63, 3.8) is 0 Å². The predicted molar refractivity (Wildman–Crippen MR) is 43.0 cm³/mol. The van der Waals surface area contributed by atoms with Gasteiger partial charge in [0.2, 0.25) is 5.13 Å². The maximum Gasteiger partial charge on any atom is 0.331 e. The van der Waals surface area contributed by atoms with Crippen molar-refractivity contribution in [2.24, 2.45) is 0 Å². The first-order valence-corrected chi connectivity index (χ1v) is 4.17. The molecular formula is C6H5N3O2S. The third-order valence-electron chi connectivity index (χ3n) is 1.45. The molecule has 0 radical (unpaired) electrons. The third-order valence-corrected chi connectivity index (χ3v) is 2.21. The van der Waals surface area contributed by atoms with E-state index in [2.05, 4.69) is 10.3 Å². The van der Waals surface area contributed by atoms with Crippen LogP contribution in [0.4, 0.5) is 9.93 Å². The molecule has 2 rings (SSSR count). The van der Waals surface area contributed by atoms with Gasteiger partial charge in [-0.15, -0.1) is 11.3 Å². The minimum Gasteiger partial charge on any atom is -0.328 e. The Morgan fingerprint density at radius 1 is 1.58 bits per heavy atom. The summed E-state index contributed by atoms with van der Waals surface area (Å²) in [7, 11) is 0. The largest absolute Gasteiger partial charge is 0.331 e. The minimum absolute atomic E-state index is 0.0679. The van der Waals surface area contributed by atoms with Crippen molar-refractivity contribution in [2.45, 2.75) is 0 Å². The normalized spacial score (nSPS) is 16.8. The quantitative estimate of drug-likeness (QED) is 0.632. The fourth-order valence-electron chi connectivity index (χ4n) is 0.942. The molecule has 0 atom stereocenters. The van der Waals surface area contributed by atoms with Gasteiger partial charge in [-0.1, -0.05) is 0 Å². The Bertz CT molecular complexity index is 306. The number of hydrogen-bond acceptors (Lipinski definition) is 4. The molecule has 2 heterocycles. The van der Waals surface area contributed by atoms with Gasteiger partial charge in [0.05, 0.1) is 6.54 Å². The number of urea groups is 1. The number of aromatic nitrogens is 1. The molecule has 6 heteroatoms. The highest BCUT2D eigenvalue weighted by Crippen LogP contribution is 2.19. The molecule has 3 amide bonds. The second-order valence-electron chi connectivity index (χ2n) is 2.20. The van der Waals surface area contributed by atoms with Crippen molar-refractivity contribution in [1.29, 1.82) is 0 Å². The molecule has 1 aliphatic rings. The Balaban J connectivity index is 2.34. The summed E-state index contributed by atoms with van der Waals surface area (Å²) in [6, 6.07) is -0.394. The molecule has 1 aromatic rings. The van der Waals surface area contributed by atoms with Crippen LogP contribution in [0.25, 0.3) is 0 Å². The van der Waals surface area contributed by atoms with E-state index in [9.17, 15) is 9.59 Å². The first kappa shape index (κ1) is 7.23. The van der Waals surface area contributed by atoms with E-state index in [1.165, 1.54) is 11.3 Å². The van der Waals surface area contributed by atoms with E-state index in [-0.39, 0.29) is 12.5 Å². The van der Waals surface area contributed by atoms with E-state index >= 15 is 0 Å². The molecule has 1 fully saturated rings. The van der Waals surface area contributed by atoms with Crippen molar-refractivity contribution in [3.8, 4) is 0 Å². The highest BCUT2D eigenvalue weighted by atomic mass is 32.1. The van der Waals surface area contributed by atoms with Gasteiger partial charge < -0.3 is 5.32 Å². The van der Waals surface area contributed by atoms with Crippen LogP contribution in [0, 0.1) is 0 Å². The Morgan fingerprint density at radius 3 is 2.92 bits per heavy atom. The van der Waals surface area contributed by atoms with E-state index in [1.54, 1.807) is 11.6 Å². The van der Waals surface area contributed by atoms with Gasteiger partial charge in [0.15, 0.2) is 0 Å². The molecule has 1 aromatic heterocycles. The van der Waals surface area contributed by atoms with Gasteiger partial charge >= 0.3 is 6.03 Å². The number of imide groups is 1. The summed E-state index contributed by atoms with van der Waals surface area (Å²) in [4.78, 5) is 27.0. The summed E-state index contributed by atoms with van der Waals surface area (Å²) >= 11 is 1.26. The maximum atomic E-state index is 11.1. The molecular weight excluding hydrogens is 178 g/mol. The molecule has 0 spiro atoms. The van der Waals surface area contributed by atoms with Crippen molar-refractivity contribution in [1.82, 2.24) is 10.3 Å². The van der Waals surface area contributed by atoms with E-state index in [0.717, 1.165) is 4.90 Å². The van der Waals surface area contributed by atoms with E-state index in [4.69, 9.17) is 0 Å². The maximum absolute atomic E-state index is 11.1. The number of nitrogens with zero attached hydrogens (tertiary/aromatic N) is 2. The monoisotopic (exact) mass is 183 g/mol. The van der Waals surface area contributed by atoms with Crippen LogP contribution in [0.5, 0.6) is 0 Å². The average molecular weight is 183 g/mol. The smallest absolute Gasteiger partial charge is 0.328 e. The van der Waals surface area contributed by atoms with Crippen LogP contribution >= 0.6 is 11.3 Å². The van der Waals surface area contributed by atoms with Gasteiger partial charge in [-0.2, -0.15) is 0 Å². The van der Waals surface area contributed by atoms with Crippen LogP contribution < -0.4 is 10.2 Å². The predicted octanol–water partition coefficient (Wildman–Crippen LogP) is 0.199. The zero-order chi connectivity index (χ0) is 8.55. The lowest BCUT2D eigenvalue weighted by molar-refractivity contribution is -0.115. The van der Waals surface area contributed by atoms with Crippen LogP contribution in [0.3, 0.4) is 0 Å². The first-order valence-electron chi connectivity index (χ1n) is 3.29. The van der Waals surface area contributed by atoms with Crippen LogP contribution in [0.2, 0.25) is 0 Å². The topological polar surface area (TPSA) is 62.3 Å². The van der Waals surface area contributed by atoms with Crippen LogP contribution in [-0.4, -0.2) is 23.5 Å². The Kier molecular flexibility index (Phi) is 1.54. The molecule has 62 valence electrons. The molecule has 0 aromatic carbocycles. The SMILES string of the molecule is O=C1CNC(=O)N1c1nccs1. The van der Waals surface area contributed by atoms with E-state index in [0.29, 0.717) is 5.13 Å². The summed E-state index contributed by atoms with van der Waals surface area (Å²) in [5, 5.41) is 4.55. The number of hydrogen-bond donors (Lipinski definition) is 1. The highest BCUT2D eigenvalue weighted by Gasteiger charge is 2.31. The van der Waals surface area contributed by atoms with Gasteiger partial charge in [-0.05, 0) is 0 Å². The molecule has 5 nitrogen and oxygen atoms in total. The molecule has 1 N–H and O–H groups in total. The van der Waals surface area contributed by atoms with Crippen LogP contribution in [-0.2, 0) is 4.79 Å². The van der Waals surface area contributed by atoms with Crippen molar-refractivity contribution in [2.75, 3.05) is 11.4 Å². The van der Waals surface area contributed by atoms with Gasteiger partial charge in [0.1, 0.15) is 0 Å². The van der Waals surface area contributed by atoms with Gasteiger partial charge in [0, 0.05) is 11.6 Å². The number of carbonyl (C=O) groups excluding carboxylic acids is 2. The molecule has 1 aliphatic heterocycles. The van der Waals surface area contributed by atoms with E-state index in [1.807, 2.05) is 0 Å². The lowest BCUT2D eigenvalue weighted by Gasteiger charge is -2.05. The molecule has 0 saturated carbocycles. The number of amides is 3. The van der Waals surface area contributed by atoms with Gasteiger partial charge in [-0.3, -0.25) is 4.79 Å². The lowest BCUT2D eigenvalue weighted by atomic mass is 10.6. The fourth-order valence-corrected chi connectivity index (χ4v) is 1.60. The fraction of sp³-hybridized carbons (Fsp3) is 0.167. The number of thiazole rings is 1. The van der Waals surface area contributed by atoms with Crippen molar-refractivity contribution < 1.29 is 9.59 Å². The molecule has 0 aliphatic carbocycles. The molecule has 0 unspecified atom stereocenters. The van der Waals surface area contributed by atoms with Crippen molar-refractivity contribution in [3.05, 3.63) is 11.6 Å². The summed E-state index contributed by atoms with van der Waals surface area (Å²) in [6.07, 6.45) is 1.55. The number of carbonyl (C=O) groups is 2. The Hall–Kier alpha value is -1.43. The zero-order valence-electron chi connectivity index (χ0n) is 5.98. The first-order chi connectivity index (χ1) is 5.79. The second kappa shape index (κ2) is 2.56. The minimum atomic E-state index is -0.394. The Labute approximate surface area is 72.0 Å². The number of rotatable bonds is 1. The standard InChI is InChI=1S/C6H5N3O2S/c10-4-3-8-5(11)9(4)6-7-1-2-12-6/h1-2H,3H2,(H,8,11). The summed E-state index contributed by atoms with van der Waals surface area (Å²) in [6.45, 7) is 0.0679. The van der Waals surface area contributed by atoms with Gasteiger partial charge in [-0.25, -0.2) is 14.7 Å². The second-order valence-corrected chi connectivity index (χ2v) is 3.08. The lowest BCUT2D eigenvalue weighted by Crippen LogP contribution is -2.30. The number of nitrogens with one attached hydrogen (secondary N) is 1. The third kappa shape index (κ3) is 0.964. The molecule has 0 bridgehead atoms. The Morgan fingerprint density at radius 2 is 2.42 bits per heavy atom. The summed E-state index contributed by atoms with van der Waals surface area (Å²) in [5.41, 5.74) is 0.